The number of hydrogen-bond acceptors (Lipinski definition) is 2. The zero-order valence-corrected chi connectivity index (χ0v) is 12.6. The molecule has 4 nitrogen and oxygen atoms in total. The Bertz CT molecular complexity index is 702. The lowest BCUT2D eigenvalue weighted by Crippen LogP contribution is -2.21. The number of aromatic nitrogens is 1. The Balaban J connectivity index is 2.12. The SMILES string of the molecule is Cc1ccccc1NC(=O)Cn1ccc(=O)c(C(C)C)c1. The van der Waals surface area contributed by atoms with Crippen LogP contribution in [0.3, 0.4) is 0 Å². The molecule has 2 rings (SSSR count). The molecule has 0 saturated carbocycles. The minimum Gasteiger partial charge on any atom is -0.344 e. The number of rotatable bonds is 4. The van der Waals surface area contributed by atoms with Crippen molar-refractivity contribution in [3.05, 3.63) is 64.1 Å². The number of anilines is 1. The van der Waals surface area contributed by atoms with Gasteiger partial charge in [-0.1, -0.05) is 32.0 Å². The van der Waals surface area contributed by atoms with Gasteiger partial charge in [-0.25, -0.2) is 0 Å². The summed E-state index contributed by atoms with van der Waals surface area (Å²) in [6.45, 7) is 6.07. The highest BCUT2D eigenvalue weighted by Crippen LogP contribution is 2.13. The average molecular weight is 284 g/mol. The van der Waals surface area contributed by atoms with Crippen LogP contribution in [0.5, 0.6) is 0 Å². The van der Waals surface area contributed by atoms with Crippen molar-refractivity contribution in [1.82, 2.24) is 4.57 Å². The molecule has 0 bridgehead atoms. The van der Waals surface area contributed by atoms with Gasteiger partial charge in [0.1, 0.15) is 6.54 Å². The number of para-hydroxylation sites is 1. The lowest BCUT2D eigenvalue weighted by molar-refractivity contribution is -0.116. The maximum absolute atomic E-state index is 12.1. The number of amides is 1. The van der Waals surface area contributed by atoms with Crippen molar-refractivity contribution in [2.75, 3.05) is 5.32 Å². The number of nitrogens with one attached hydrogen (secondary N) is 1. The molecule has 0 unspecified atom stereocenters. The van der Waals surface area contributed by atoms with E-state index < -0.39 is 0 Å². The minimum absolute atomic E-state index is 0.0144. The molecule has 0 atom stereocenters. The number of hydrogen-bond donors (Lipinski definition) is 1. The van der Waals surface area contributed by atoms with Gasteiger partial charge in [-0.2, -0.15) is 0 Å². The predicted octanol–water partition coefficient (Wildman–Crippen LogP) is 2.92. The van der Waals surface area contributed by atoms with Crippen LogP contribution in [-0.2, 0) is 11.3 Å². The molecule has 0 aliphatic rings. The number of nitrogens with zero attached hydrogens (tertiary/aromatic N) is 1. The van der Waals surface area contributed by atoms with Crippen molar-refractivity contribution in [2.45, 2.75) is 33.2 Å². The molecule has 2 aromatic rings. The van der Waals surface area contributed by atoms with E-state index in [4.69, 9.17) is 0 Å². The van der Waals surface area contributed by atoms with Crippen LogP contribution in [-0.4, -0.2) is 10.5 Å². The van der Waals surface area contributed by atoms with Crippen LogP contribution in [0.25, 0.3) is 0 Å². The Morgan fingerprint density at radius 3 is 2.62 bits per heavy atom. The fourth-order valence-electron chi connectivity index (χ4n) is 2.15. The van der Waals surface area contributed by atoms with Crippen LogP contribution in [0.1, 0.15) is 30.9 Å². The van der Waals surface area contributed by atoms with E-state index in [0.29, 0.717) is 0 Å². The van der Waals surface area contributed by atoms with Crippen molar-refractivity contribution in [3.63, 3.8) is 0 Å². The standard InChI is InChI=1S/C17H20N2O2/c1-12(2)14-10-19(9-8-16(14)20)11-17(21)18-15-7-5-4-6-13(15)3/h4-10,12H,11H2,1-3H3,(H,18,21). The highest BCUT2D eigenvalue weighted by Gasteiger charge is 2.08. The Morgan fingerprint density at radius 1 is 1.24 bits per heavy atom. The van der Waals surface area contributed by atoms with Crippen LogP contribution < -0.4 is 10.7 Å². The first kappa shape index (κ1) is 15.0. The second-order valence-electron chi connectivity index (χ2n) is 5.45. The number of carbonyl (C=O) groups is 1. The van der Waals surface area contributed by atoms with Gasteiger partial charge in [0.15, 0.2) is 5.43 Å². The molecule has 0 spiro atoms. The molecule has 1 aromatic heterocycles. The summed E-state index contributed by atoms with van der Waals surface area (Å²) in [5.41, 5.74) is 2.57. The number of carbonyl (C=O) groups excluding carboxylic acids is 1. The topological polar surface area (TPSA) is 51.1 Å². The van der Waals surface area contributed by atoms with Crippen molar-refractivity contribution >= 4 is 11.6 Å². The molecular weight excluding hydrogens is 264 g/mol. The second kappa shape index (κ2) is 6.39. The third-order valence-electron chi connectivity index (χ3n) is 3.37. The fraction of sp³-hybridized carbons (Fsp3) is 0.294. The van der Waals surface area contributed by atoms with Gasteiger partial charge in [0, 0.05) is 29.7 Å². The molecular formula is C17H20N2O2. The fourth-order valence-corrected chi connectivity index (χ4v) is 2.15. The van der Waals surface area contributed by atoms with Crippen LogP contribution in [0, 0.1) is 6.92 Å². The Labute approximate surface area is 124 Å². The highest BCUT2D eigenvalue weighted by molar-refractivity contribution is 5.91. The monoisotopic (exact) mass is 284 g/mol. The van der Waals surface area contributed by atoms with E-state index in [0.717, 1.165) is 16.8 Å². The van der Waals surface area contributed by atoms with Gasteiger partial charge >= 0.3 is 0 Å². The molecule has 0 radical (unpaired) electrons. The van der Waals surface area contributed by atoms with Crippen LogP contribution in [0.15, 0.2) is 47.5 Å². The molecule has 1 heterocycles. The average Bonchev–Trinajstić information content (AvgIpc) is 2.43. The zero-order chi connectivity index (χ0) is 15.4. The van der Waals surface area contributed by atoms with E-state index in [2.05, 4.69) is 5.32 Å². The molecule has 0 saturated heterocycles. The van der Waals surface area contributed by atoms with Crippen molar-refractivity contribution in [3.8, 4) is 0 Å². The van der Waals surface area contributed by atoms with Crippen LogP contribution in [0.2, 0.25) is 0 Å². The Morgan fingerprint density at radius 2 is 1.95 bits per heavy atom. The predicted molar refractivity (Wildman–Crippen MR) is 84.6 cm³/mol. The zero-order valence-electron chi connectivity index (χ0n) is 12.6. The molecule has 1 aromatic carbocycles. The molecule has 21 heavy (non-hydrogen) atoms. The molecule has 0 fully saturated rings. The van der Waals surface area contributed by atoms with Crippen LogP contribution in [0.4, 0.5) is 5.69 Å². The Hall–Kier alpha value is -2.36. The normalized spacial score (nSPS) is 10.7. The third-order valence-corrected chi connectivity index (χ3v) is 3.37. The first-order chi connectivity index (χ1) is 9.97. The summed E-state index contributed by atoms with van der Waals surface area (Å²) in [4.78, 5) is 23.8. The van der Waals surface area contributed by atoms with Gasteiger partial charge in [-0.3, -0.25) is 9.59 Å². The summed E-state index contributed by atoms with van der Waals surface area (Å²) >= 11 is 0. The lowest BCUT2D eigenvalue weighted by atomic mass is 10.1. The first-order valence-corrected chi connectivity index (χ1v) is 7.03. The number of pyridine rings is 1. The number of aryl methyl sites for hydroxylation is 1. The van der Waals surface area contributed by atoms with Crippen molar-refractivity contribution in [2.24, 2.45) is 0 Å². The number of benzene rings is 1. The maximum Gasteiger partial charge on any atom is 0.244 e. The molecule has 0 aliphatic carbocycles. The maximum atomic E-state index is 12.1. The van der Waals surface area contributed by atoms with Gasteiger partial charge in [0.2, 0.25) is 5.91 Å². The van der Waals surface area contributed by atoms with Crippen molar-refractivity contribution < 1.29 is 4.79 Å². The molecule has 1 amide bonds. The summed E-state index contributed by atoms with van der Waals surface area (Å²) in [7, 11) is 0. The van der Waals surface area contributed by atoms with E-state index in [1.54, 1.807) is 17.0 Å². The smallest absolute Gasteiger partial charge is 0.244 e. The summed E-state index contributed by atoms with van der Waals surface area (Å²) in [6.07, 6.45) is 3.40. The van der Waals surface area contributed by atoms with E-state index in [-0.39, 0.29) is 23.8 Å². The molecule has 1 N–H and O–H groups in total. The Kier molecular flexibility index (Phi) is 4.58. The van der Waals surface area contributed by atoms with E-state index >= 15 is 0 Å². The van der Waals surface area contributed by atoms with Crippen LogP contribution >= 0.6 is 0 Å². The largest absolute Gasteiger partial charge is 0.344 e. The van der Waals surface area contributed by atoms with E-state index in [9.17, 15) is 9.59 Å². The second-order valence-corrected chi connectivity index (χ2v) is 5.45. The lowest BCUT2D eigenvalue weighted by Gasteiger charge is -2.12. The van der Waals surface area contributed by atoms with Gasteiger partial charge in [0.25, 0.3) is 0 Å². The molecule has 4 heteroatoms. The van der Waals surface area contributed by atoms with E-state index in [1.807, 2.05) is 45.0 Å². The molecule has 110 valence electrons. The summed E-state index contributed by atoms with van der Waals surface area (Å²) in [5, 5.41) is 2.88. The summed E-state index contributed by atoms with van der Waals surface area (Å²) < 4.78 is 1.74. The minimum atomic E-state index is -0.109. The quantitative estimate of drug-likeness (QED) is 0.938. The highest BCUT2D eigenvalue weighted by atomic mass is 16.2. The van der Waals surface area contributed by atoms with E-state index in [1.165, 1.54) is 6.07 Å². The van der Waals surface area contributed by atoms with Gasteiger partial charge in [0.05, 0.1) is 0 Å². The van der Waals surface area contributed by atoms with Gasteiger partial charge in [-0.15, -0.1) is 0 Å². The molecule has 0 aliphatic heterocycles. The van der Waals surface area contributed by atoms with Crippen molar-refractivity contribution in [1.29, 1.82) is 0 Å². The summed E-state index contributed by atoms with van der Waals surface area (Å²) in [5.74, 6) is 0.0343. The van der Waals surface area contributed by atoms with Gasteiger partial charge in [-0.05, 0) is 24.5 Å². The first-order valence-electron chi connectivity index (χ1n) is 7.03. The van der Waals surface area contributed by atoms with Gasteiger partial charge < -0.3 is 9.88 Å². The summed E-state index contributed by atoms with van der Waals surface area (Å²) in [6, 6.07) is 9.15. The third kappa shape index (κ3) is 3.81.